The zero-order valence-corrected chi connectivity index (χ0v) is 11.1. The highest BCUT2D eigenvalue weighted by molar-refractivity contribution is 5.90. The third-order valence-corrected chi connectivity index (χ3v) is 3.34. The van der Waals surface area contributed by atoms with Crippen LogP contribution in [-0.2, 0) is 0 Å². The molecule has 3 aromatic heterocycles. The number of hydrogen-bond acceptors (Lipinski definition) is 4. The fourth-order valence-electron chi connectivity index (χ4n) is 2.35. The number of nitrogens with zero attached hydrogens (tertiary/aromatic N) is 4. The summed E-state index contributed by atoms with van der Waals surface area (Å²) in [5, 5.41) is 7.95. The fourth-order valence-corrected chi connectivity index (χ4v) is 2.35. The van der Waals surface area contributed by atoms with E-state index < -0.39 is 0 Å². The lowest BCUT2D eigenvalue weighted by Crippen LogP contribution is -1.93. The van der Waals surface area contributed by atoms with Crippen LogP contribution in [0.15, 0.2) is 61.3 Å². The number of fused-ring (bicyclic) bond motifs is 1. The Bertz CT molecular complexity index is 885. The third-order valence-electron chi connectivity index (χ3n) is 3.34. The maximum absolute atomic E-state index is 4.76. The first-order chi connectivity index (χ1) is 10.4. The molecule has 0 aliphatic rings. The Hall–Kier alpha value is -3.08. The second-order valence-corrected chi connectivity index (χ2v) is 4.65. The lowest BCUT2D eigenvalue weighted by Gasteiger charge is -2.08. The summed E-state index contributed by atoms with van der Waals surface area (Å²) >= 11 is 0. The molecule has 0 amide bonds. The minimum absolute atomic E-state index is 0.749. The molecule has 1 N–H and O–H groups in total. The third kappa shape index (κ3) is 2.04. The molecule has 0 spiro atoms. The Kier molecular flexibility index (Phi) is 2.67. The smallest absolute Gasteiger partial charge is 0.108 e. The zero-order chi connectivity index (χ0) is 14.1. The normalized spacial score (nSPS) is 10.9. The highest BCUT2D eigenvalue weighted by atomic mass is 15.1. The minimum Gasteiger partial charge on any atom is -0.285 e. The maximum Gasteiger partial charge on any atom is 0.108 e. The number of para-hydroxylation sites is 1. The molecule has 0 fully saturated rings. The highest BCUT2D eigenvalue weighted by Crippen LogP contribution is 2.31. The van der Waals surface area contributed by atoms with E-state index in [1.807, 2.05) is 30.5 Å². The van der Waals surface area contributed by atoms with Gasteiger partial charge in [-0.3, -0.25) is 15.1 Å². The zero-order valence-electron chi connectivity index (χ0n) is 11.1. The van der Waals surface area contributed by atoms with Crippen LogP contribution in [-0.4, -0.2) is 25.1 Å². The molecule has 5 nitrogen and oxygen atoms in total. The standard InChI is InChI=1S/C16H11N5/c1-2-4-14-11(3-1)7-13(12-8-19-20-9-12)16(21-14)15-10-17-5-6-18-15/h1-10H,(H,19,20). The first kappa shape index (κ1) is 11.7. The van der Waals surface area contributed by atoms with Gasteiger partial charge in [-0.25, -0.2) is 4.98 Å². The quantitative estimate of drug-likeness (QED) is 0.609. The van der Waals surface area contributed by atoms with E-state index in [9.17, 15) is 0 Å². The first-order valence-corrected chi connectivity index (χ1v) is 6.57. The van der Waals surface area contributed by atoms with Crippen molar-refractivity contribution in [1.29, 1.82) is 0 Å². The first-order valence-electron chi connectivity index (χ1n) is 6.57. The summed E-state index contributed by atoms with van der Waals surface area (Å²) < 4.78 is 0. The van der Waals surface area contributed by atoms with Gasteiger partial charge in [-0.1, -0.05) is 18.2 Å². The largest absolute Gasteiger partial charge is 0.285 e. The molecule has 1 aromatic carbocycles. The monoisotopic (exact) mass is 273 g/mol. The van der Waals surface area contributed by atoms with Crippen molar-refractivity contribution in [2.75, 3.05) is 0 Å². The van der Waals surface area contributed by atoms with Crippen LogP contribution in [0.25, 0.3) is 33.4 Å². The molecule has 4 aromatic rings. The van der Waals surface area contributed by atoms with Gasteiger partial charge in [0, 0.05) is 35.1 Å². The number of aromatic nitrogens is 5. The molecular formula is C16H11N5. The van der Waals surface area contributed by atoms with Crippen LogP contribution in [0, 0.1) is 0 Å². The van der Waals surface area contributed by atoms with Crippen molar-refractivity contribution in [1.82, 2.24) is 25.1 Å². The summed E-state index contributed by atoms with van der Waals surface area (Å²) in [6.07, 6.45) is 8.69. The Labute approximate surface area is 120 Å². The molecule has 0 atom stereocenters. The van der Waals surface area contributed by atoms with E-state index in [0.717, 1.165) is 33.4 Å². The second-order valence-electron chi connectivity index (χ2n) is 4.65. The van der Waals surface area contributed by atoms with Gasteiger partial charge in [-0.2, -0.15) is 5.10 Å². The molecule has 0 saturated heterocycles. The number of benzene rings is 1. The molecule has 5 heteroatoms. The second kappa shape index (κ2) is 4.79. The van der Waals surface area contributed by atoms with Crippen molar-refractivity contribution < 1.29 is 0 Å². The van der Waals surface area contributed by atoms with Crippen LogP contribution in [0.3, 0.4) is 0 Å². The SMILES string of the molecule is c1ccc2nc(-c3cnccn3)c(-c3cn[nH]c3)cc2c1. The Morgan fingerprint density at radius 3 is 2.76 bits per heavy atom. The van der Waals surface area contributed by atoms with E-state index in [-0.39, 0.29) is 0 Å². The number of hydrogen-bond donors (Lipinski definition) is 1. The van der Waals surface area contributed by atoms with E-state index in [0.29, 0.717) is 0 Å². The van der Waals surface area contributed by atoms with Gasteiger partial charge in [0.2, 0.25) is 0 Å². The molecule has 0 aliphatic carbocycles. The molecular weight excluding hydrogens is 262 g/mol. The summed E-state index contributed by atoms with van der Waals surface area (Å²) in [5.74, 6) is 0. The van der Waals surface area contributed by atoms with Gasteiger partial charge >= 0.3 is 0 Å². The Morgan fingerprint density at radius 1 is 1.00 bits per heavy atom. The molecule has 0 unspecified atom stereocenters. The lowest BCUT2D eigenvalue weighted by molar-refractivity contribution is 1.09. The van der Waals surface area contributed by atoms with Crippen molar-refractivity contribution in [3.05, 3.63) is 61.3 Å². The maximum atomic E-state index is 4.76. The summed E-state index contributed by atoms with van der Waals surface area (Å²) in [6.45, 7) is 0. The molecule has 4 rings (SSSR count). The van der Waals surface area contributed by atoms with Crippen LogP contribution in [0.1, 0.15) is 0 Å². The van der Waals surface area contributed by atoms with Crippen LogP contribution >= 0.6 is 0 Å². The van der Waals surface area contributed by atoms with Gasteiger partial charge in [0.15, 0.2) is 0 Å². The number of pyridine rings is 1. The number of aromatic amines is 1. The molecule has 0 aliphatic heterocycles. The Balaban J connectivity index is 2.05. The lowest BCUT2D eigenvalue weighted by atomic mass is 10.0. The van der Waals surface area contributed by atoms with E-state index in [1.54, 1.807) is 24.8 Å². The van der Waals surface area contributed by atoms with Gasteiger partial charge in [-0.15, -0.1) is 0 Å². The molecule has 0 bridgehead atoms. The van der Waals surface area contributed by atoms with Crippen molar-refractivity contribution in [2.45, 2.75) is 0 Å². The molecule has 100 valence electrons. The predicted octanol–water partition coefficient (Wildman–Crippen LogP) is 3.08. The minimum atomic E-state index is 0.749. The summed E-state index contributed by atoms with van der Waals surface area (Å²) in [7, 11) is 0. The van der Waals surface area contributed by atoms with Crippen LogP contribution in [0.2, 0.25) is 0 Å². The van der Waals surface area contributed by atoms with Crippen molar-refractivity contribution in [2.24, 2.45) is 0 Å². The highest BCUT2D eigenvalue weighted by Gasteiger charge is 2.13. The van der Waals surface area contributed by atoms with Gasteiger partial charge in [-0.05, 0) is 12.1 Å². The fraction of sp³-hybridized carbons (Fsp3) is 0. The molecule has 21 heavy (non-hydrogen) atoms. The van der Waals surface area contributed by atoms with Crippen molar-refractivity contribution in [3.63, 3.8) is 0 Å². The molecule has 0 radical (unpaired) electrons. The van der Waals surface area contributed by atoms with Crippen LogP contribution < -0.4 is 0 Å². The predicted molar refractivity (Wildman–Crippen MR) is 80.4 cm³/mol. The van der Waals surface area contributed by atoms with Gasteiger partial charge in [0.05, 0.1) is 23.6 Å². The number of H-pyrrole nitrogens is 1. The van der Waals surface area contributed by atoms with E-state index in [1.165, 1.54) is 0 Å². The van der Waals surface area contributed by atoms with Gasteiger partial charge in [0.25, 0.3) is 0 Å². The Morgan fingerprint density at radius 2 is 1.95 bits per heavy atom. The average Bonchev–Trinajstić information content (AvgIpc) is 3.09. The van der Waals surface area contributed by atoms with E-state index >= 15 is 0 Å². The molecule has 0 saturated carbocycles. The number of nitrogens with one attached hydrogen (secondary N) is 1. The topological polar surface area (TPSA) is 67.3 Å². The van der Waals surface area contributed by atoms with E-state index in [4.69, 9.17) is 4.98 Å². The van der Waals surface area contributed by atoms with E-state index in [2.05, 4.69) is 26.2 Å². The summed E-state index contributed by atoms with van der Waals surface area (Å²) in [5.41, 5.74) is 4.46. The van der Waals surface area contributed by atoms with Crippen molar-refractivity contribution in [3.8, 4) is 22.5 Å². The average molecular weight is 273 g/mol. The number of rotatable bonds is 2. The van der Waals surface area contributed by atoms with Gasteiger partial charge in [0.1, 0.15) is 5.69 Å². The van der Waals surface area contributed by atoms with Crippen LogP contribution in [0.5, 0.6) is 0 Å². The van der Waals surface area contributed by atoms with Gasteiger partial charge < -0.3 is 0 Å². The van der Waals surface area contributed by atoms with Crippen LogP contribution in [0.4, 0.5) is 0 Å². The van der Waals surface area contributed by atoms with Crippen molar-refractivity contribution >= 4 is 10.9 Å². The molecule has 3 heterocycles. The summed E-state index contributed by atoms with van der Waals surface area (Å²) in [6, 6.07) is 10.1. The summed E-state index contributed by atoms with van der Waals surface area (Å²) in [4.78, 5) is 13.3.